The monoisotopic (exact) mass is 293 g/mol. The summed E-state index contributed by atoms with van der Waals surface area (Å²) in [6, 6.07) is 3.80. The lowest BCUT2D eigenvalue weighted by Crippen LogP contribution is -2.56. The van der Waals surface area contributed by atoms with Crippen LogP contribution in [0.2, 0.25) is 0 Å². The van der Waals surface area contributed by atoms with Crippen LogP contribution in [0.25, 0.3) is 0 Å². The van der Waals surface area contributed by atoms with Crippen LogP contribution in [0.3, 0.4) is 0 Å². The predicted octanol–water partition coefficient (Wildman–Crippen LogP) is 2.05. The standard InChI is InChI=1S/C16H27N3S/c1-14-11-19-8-2-3-16(19)12-18(14)9-7-17-6-4-15-5-10-20-13-15/h5,10,13-14,16-17H,2-4,6-9,11-12H2,1H3. The highest BCUT2D eigenvalue weighted by atomic mass is 32.1. The van der Waals surface area contributed by atoms with E-state index in [0.29, 0.717) is 0 Å². The first-order valence-electron chi connectivity index (χ1n) is 8.03. The smallest absolute Gasteiger partial charge is 0.0224 e. The van der Waals surface area contributed by atoms with Crippen LogP contribution in [0.4, 0.5) is 0 Å². The zero-order chi connectivity index (χ0) is 13.8. The van der Waals surface area contributed by atoms with Crippen molar-refractivity contribution in [3.8, 4) is 0 Å². The Bertz CT molecular complexity index is 392. The lowest BCUT2D eigenvalue weighted by Gasteiger charge is -2.42. The summed E-state index contributed by atoms with van der Waals surface area (Å²) in [4.78, 5) is 5.38. The van der Waals surface area contributed by atoms with Gasteiger partial charge in [-0.3, -0.25) is 9.80 Å². The van der Waals surface area contributed by atoms with E-state index in [1.54, 1.807) is 11.3 Å². The number of thiophene rings is 1. The molecule has 112 valence electrons. The summed E-state index contributed by atoms with van der Waals surface area (Å²) in [6.07, 6.45) is 3.98. The summed E-state index contributed by atoms with van der Waals surface area (Å²) in [5.74, 6) is 0. The van der Waals surface area contributed by atoms with Crippen molar-refractivity contribution in [3.63, 3.8) is 0 Å². The van der Waals surface area contributed by atoms with Gasteiger partial charge in [-0.2, -0.15) is 11.3 Å². The van der Waals surface area contributed by atoms with E-state index in [9.17, 15) is 0 Å². The minimum Gasteiger partial charge on any atom is -0.315 e. The molecule has 0 spiro atoms. The van der Waals surface area contributed by atoms with Crippen molar-refractivity contribution in [1.82, 2.24) is 15.1 Å². The molecule has 1 N–H and O–H groups in total. The largest absolute Gasteiger partial charge is 0.315 e. The van der Waals surface area contributed by atoms with Gasteiger partial charge in [0.05, 0.1) is 0 Å². The van der Waals surface area contributed by atoms with Gasteiger partial charge < -0.3 is 5.32 Å². The average molecular weight is 293 g/mol. The van der Waals surface area contributed by atoms with E-state index in [1.165, 1.54) is 44.6 Å². The van der Waals surface area contributed by atoms with Crippen molar-refractivity contribution in [3.05, 3.63) is 22.4 Å². The number of hydrogen-bond donors (Lipinski definition) is 1. The highest BCUT2D eigenvalue weighted by molar-refractivity contribution is 7.07. The Labute approximate surface area is 127 Å². The van der Waals surface area contributed by atoms with Gasteiger partial charge in [-0.25, -0.2) is 0 Å². The van der Waals surface area contributed by atoms with Gasteiger partial charge >= 0.3 is 0 Å². The number of fused-ring (bicyclic) bond motifs is 1. The molecule has 2 unspecified atom stereocenters. The minimum absolute atomic E-state index is 0.725. The normalized spacial score (nSPS) is 27.9. The minimum atomic E-state index is 0.725. The van der Waals surface area contributed by atoms with Crippen LogP contribution in [-0.4, -0.2) is 61.2 Å². The molecule has 0 radical (unpaired) electrons. The molecule has 2 fully saturated rings. The molecular weight excluding hydrogens is 266 g/mol. The third-order valence-electron chi connectivity index (χ3n) is 4.81. The lowest BCUT2D eigenvalue weighted by atomic mass is 10.1. The Morgan fingerprint density at radius 3 is 3.15 bits per heavy atom. The molecule has 3 nitrogen and oxygen atoms in total. The maximum atomic E-state index is 3.60. The first-order chi connectivity index (χ1) is 9.83. The van der Waals surface area contributed by atoms with E-state index in [0.717, 1.165) is 31.6 Å². The molecule has 3 heterocycles. The molecule has 20 heavy (non-hydrogen) atoms. The third kappa shape index (κ3) is 3.61. The van der Waals surface area contributed by atoms with Crippen molar-refractivity contribution >= 4 is 11.3 Å². The lowest BCUT2D eigenvalue weighted by molar-refractivity contribution is 0.0604. The van der Waals surface area contributed by atoms with Crippen molar-refractivity contribution < 1.29 is 0 Å². The Hall–Kier alpha value is -0.420. The van der Waals surface area contributed by atoms with Gasteiger partial charge in [0.15, 0.2) is 0 Å². The van der Waals surface area contributed by atoms with Crippen LogP contribution in [0.15, 0.2) is 16.8 Å². The Kier molecular flexibility index (Phi) is 5.10. The number of hydrogen-bond acceptors (Lipinski definition) is 4. The molecule has 0 aromatic carbocycles. The molecule has 3 rings (SSSR count). The summed E-state index contributed by atoms with van der Waals surface area (Å²) in [5.41, 5.74) is 1.47. The van der Waals surface area contributed by atoms with Crippen molar-refractivity contribution in [2.24, 2.45) is 0 Å². The second-order valence-electron chi connectivity index (χ2n) is 6.27. The predicted molar refractivity (Wildman–Crippen MR) is 86.5 cm³/mol. The van der Waals surface area contributed by atoms with Crippen molar-refractivity contribution in [1.29, 1.82) is 0 Å². The first-order valence-corrected chi connectivity index (χ1v) is 8.97. The van der Waals surface area contributed by atoms with E-state index in [-0.39, 0.29) is 0 Å². The molecule has 0 amide bonds. The van der Waals surface area contributed by atoms with Gasteiger partial charge in [-0.15, -0.1) is 0 Å². The van der Waals surface area contributed by atoms with Crippen LogP contribution in [0.5, 0.6) is 0 Å². The molecule has 2 aliphatic heterocycles. The van der Waals surface area contributed by atoms with E-state index in [1.807, 2.05) is 0 Å². The molecule has 2 saturated heterocycles. The Morgan fingerprint density at radius 1 is 1.35 bits per heavy atom. The number of nitrogens with one attached hydrogen (secondary N) is 1. The van der Waals surface area contributed by atoms with Crippen LogP contribution in [0.1, 0.15) is 25.3 Å². The van der Waals surface area contributed by atoms with Crippen LogP contribution < -0.4 is 5.32 Å². The van der Waals surface area contributed by atoms with Gasteiger partial charge in [0.1, 0.15) is 0 Å². The van der Waals surface area contributed by atoms with Gasteiger partial charge in [0.2, 0.25) is 0 Å². The highest BCUT2D eigenvalue weighted by Crippen LogP contribution is 2.24. The molecule has 2 atom stereocenters. The molecular formula is C16H27N3S. The molecule has 0 bridgehead atoms. The fourth-order valence-corrected chi connectivity index (χ4v) is 4.28. The molecule has 0 saturated carbocycles. The number of piperazine rings is 1. The van der Waals surface area contributed by atoms with Crippen molar-refractivity contribution in [2.75, 3.05) is 39.3 Å². The first kappa shape index (κ1) is 14.5. The Balaban J connectivity index is 1.33. The zero-order valence-corrected chi connectivity index (χ0v) is 13.4. The van der Waals surface area contributed by atoms with E-state index in [4.69, 9.17) is 0 Å². The maximum Gasteiger partial charge on any atom is 0.0224 e. The van der Waals surface area contributed by atoms with Gasteiger partial charge in [0, 0.05) is 38.3 Å². The fraction of sp³-hybridized carbons (Fsp3) is 0.750. The summed E-state index contributed by atoms with van der Waals surface area (Å²) in [6.45, 7) is 9.72. The van der Waals surface area contributed by atoms with Gasteiger partial charge in [0.25, 0.3) is 0 Å². The second kappa shape index (κ2) is 7.03. The quantitative estimate of drug-likeness (QED) is 0.810. The maximum absolute atomic E-state index is 3.60. The summed E-state index contributed by atoms with van der Waals surface area (Å²) in [7, 11) is 0. The van der Waals surface area contributed by atoms with E-state index < -0.39 is 0 Å². The Morgan fingerprint density at radius 2 is 2.30 bits per heavy atom. The SMILES string of the molecule is CC1CN2CCCC2CN1CCNCCc1ccsc1. The topological polar surface area (TPSA) is 18.5 Å². The van der Waals surface area contributed by atoms with Crippen LogP contribution in [-0.2, 0) is 6.42 Å². The molecule has 4 heteroatoms. The van der Waals surface area contributed by atoms with Crippen molar-refractivity contribution in [2.45, 2.75) is 38.3 Å². The molecule has 1 aromatic rings. The zero-order valence-electron chi connectivity index (χ0n) is 12.6. The average Bonchev–Trinajstić information content (AvgIpc) is 3.09. The summed E-state index contributed by atoms with van der Waals surface area (Å²) >= 11 is 1.79. The summed E-state index contributed by atoms with van der Waals surface area (Å²) < 4.78 is 0. The van der Waals surface area contributed by atoms with E-state index >= 15 is 0 Å². The fourth-order valence-electron chi connectivity index (χ4n) is 3.57. The number of nitrogens with zero attached hydrogens (tertiary/aromatic N) is 2. The van der Waals surface area contributed by atoms with Crippen LogP contribution in [0, 0.1) is 0 Å². The van der Waals surface area contributed by atoms with E-state index in [2.05, 4.69) is 38.9 Å². The molecule has 1 aromatic heterocycles. The molecule has 0 aliphatic carbocycles. The number of rotatable bonds is 6. The summed E-state index contributed by atoms with van der Waals surface area (Å²) in [5, 5.41) is 8.02. The highest BCUT2D eigenvalue weighted by Gasteiger charge is 2.33. The van der Waals surface area contributed by atoms with Gasteiger partial charge in [-0.1, -0.05) is 0 Å². The molecule has 2 aliphatic rings. The van der Waals surface area contributed by atoms with Crippen LogP contribution >= 0.6 is 11.3 Å². The third-order valence-corrected chi connectivity index (χ3v) is 5.54. The second-order valence-corrected chi connectivity index (χ2v) is 7.05. The van der Waals surface area contributed by atoms with Gasteiger partial charge in [-0.05, 0) is 61.7 Å².